The molecule has 0 saturated heterocycles. The van der Waals surface area contributed by atoms with Gasteiger partial charge in [0.2, 0.25) is 0 Å². The zero-order valence-corrected chi connectivity index (χ0v) is 9.27. The lowest BCUT2D eigenvalue weighted by atomic mass is 10.1. The Morgan fingerprint density at radius 1 is 1.25 bits per heavy atom. The molecule has 2 rings (SSSR count). The Bertz CT molecular complexity index is 435. The first-order chi connectivity index (χ1) is 7.74. The molecule has 0 amide bonds. The van der Waals surface area contributed by atoms with Gasteiger partial charge in [-0.1, -0.05) is 29.8 Å². The topological polar surface area (TPSA) is 50.9 Å². The van der Waals surface area contributed by atoms with Gasteiger partial charge in [0.05, 0.1) is 0 Å². The van der Waals surface area contributed by atoms with Gasteiger partial charge in [-0.2, -0.15) is 0 Å². The van der Waals surface area contributed by atoms with Crippen molar-refractivity contribution in [3.8, 4) is 0 Å². The zero-order chi connectivity index (χ0) is 11.4. The Morgan fingerprint density at radius 3 is 2.88 bits per heavy atom. The van der Waals surface area contributed by atoms with E-state index in [1.165, 1.54) is 11.1 Å². The lowest BCUT2D eigenvalue weighted by Gasteiger charge is -2.06. The van der Waals surface area contributed by atoms with Crippen molar-refractivity contribution in [2.24, 2.45) is 0 Å². The SMILES string of the molecule is Cc1cccc(CNc2cc(N)ccn2)c1. The predicted octanol–water partition coefficient (Wildman–Crippen LogP) is 2.58. The summed E-state index contributed by atoms with van der Waals surface area (Å²) < 4.78 is 0. The van der Waals surface area contributed by atoms with Crippen LogP contribution < -0.4 is 11.1 Å². The number of aryl methyl sites for hydroxylation is 1. The van der Waals surface area contributed by atoms with E-state index in [1.54, 1.807) is 12.3 Å². The summed E-state index contributed by atoms with van der Waals surface area (Å²) in [6.07, 6.45) is 1.70. The Hall–Kier alpha value is -2.03. The van der Waals surface area contributed by atoms with Gasteiger partial charge >= 0.3 is 0 Å². The van der Waals surface area contributed by atoms with Gasteiger partial charge in [-0.3, -0.25) is 0 Å². The van der Waals surface area contributed by atoms with Gasteiger partial charge in [-0.25, -0.2) is 4.98 Å². The van der Waals surface area contributed by atoms with Gasteiger partial charge in [0.1, 0.15) is 5.82 Å². The minimum absolute atomic E-state index is 0.724. The molecule has 0 bridgehead atoms. The van der Waals surface area contributed by atoms with Crippen molar-refractivity contribution in [1.82, 2.24) is 4.98 Å². The summed E-state index contributed by atoms with van der Waals surface area (Å²) in [6.45, 7) is 2.85. The van der Waals surface area contributed by atoms with E-state index in [0.717, 1.165) is 18.1 Å². The molecule has 1 aromatic carbocycles. The zero-order valence-electron chi connectivity index (χ0n) is 9.27. The number of nitrogens with zero attached hydrogens (tertiary/aromatic N) is 1. The van der Waals surface area contributed by atoms with Crippen LogP contribution in [0.15, 0.2) is 42.6 Å². The van der Waals surface area contributed by atoms with Gasteiger partial charge in [-0.15, -0.1) is 0 Å². The maximum atomic E-state index is 5.67. The molecule has 0 fully saturated rings. The predicted molar refractivity (Wildman–Crippen MR) is 67.2 cm³/mol. The van der Waals surface area contributed by atoms with E-state index in [0.29, 0.717) is 0 Å². The first-order valence-corrected chi connectivity index (χ1v) is 5.25. The minimum Gasteiger partial charge on any atom is -0.399 e. The molecule has 1 heterocycles. The number of nitrogens with one attached hydrogen (secondary N) is 1. The molecule has 0 saturated carbocycles. The third kappa shape index (κ3) is 2.73. The Balaban J connectivity index is 2.02. The number of benzene rings is 1. The average Bonchev–Trinajstić information content (AvgIpc) is 2.27. The standard InChI is InChI=1S/C13H15N3/c1-10-3-2-4-11(7-10)9-16-13-8-12(14)5-6-15-13/h2-8H,9H2,1H3,(H3,14,15,16). The summed E-state index contributed by atoms with van der Waals surface area (Å²) in [7, 11) is 0. The van der Waals surface area contributed by atoms with E-state index in [-0.39, 0.29) is 0 Å². The molecule has 0 aliphatic rings. The third-order valence-electron chi connectivity index (χ3n) is 2.34. The second kappa shape index (κ2) is 4.66. The highest BCUT2D eigenvalue weighted by Crippen LogP contribution is 2.10. The van der Waals surface area contributed by atoms with Crippen LogP contribution >= 0.6 is 0 Å². The molecule has 3 nitrogen and oxygen atoms in total. The van der Waals surface area contributed by atoms with Gasteiger partial charge in [0.15, 0.2) is 0 Å². The van der Waals surface area contributed by atoms with Crippen molar-refractivity contribution in [1.29, 1.82) is 0 Å². The van der Waals surface area contributed by atoms with Crippen LogP contribution in [0.3, 0.4) is 0 Å². The smallest absolute Gasteiger partial charge is 0.128 e. The maximum absolute atomic E-state index is 5.67. The summed E-state index contributed by atoms with van der Waals surface area (Å²) in [5.41, 5.74) is 8.90. The average molecular weight is 213 g/mol. The Morgan fingerprint density at radius 2 is 2.12 bits per heavy atom. The molecule has 3 heteroatoms. The van der Waals surface area contributed by atoms with Crippen molar-refractivity contribution >= 4 is 11.5 Å². The van der Waals surface area contributed by atoms with Crippen molar-refractivity contribution in [3.05, 3.63) is 53.7 Å². The molecule has 82 valence electrons. The van der Waals surface area contributed by atoms with Gasteiger partial charge in [0.25, 0.3) is 0 Å². The largest absolute Gasteiger partial charge is 0.399 e. The highest BCUT2D eigenvalue weighted by molar-refractivity contribution is 5.48. The summed E-state index contributed by atoms with van der Waals surface area (Å²) in [5.74, 6) is 0.807. The Labute approximate surface area is 95.3 Å². The molecule has 3 N–H and O–H groups in total. The third-order valence-corrected chi connectivity index (χ3v) is 2.34. The molecule has 0 aliphatic heterocycles. The number of rotatable bonds is 3. The van der Waals surface area contributed by atoms with Crippen LogP contribution in [0.2, 0.25) is 0 Å². The normalized spacial score (nSPS) is 10.1. The molecule has 1 aromatic heterocycles. The van der Waals surface area contributed by atoms with Gasteiger partial charge in [-0.05, 0) is 18.6 Å². The lowest BCUT2D eigenvalue weighted by Crippen LogP contribution is -2.01. The molecule has 0 atom stereocenters. The van der Waals surface area contributed by atoms with Crippen LogP contribution in [0.5, 0.6) is 0 Å². The van der Waals surface area contributed by atoms with Crippen LogP contribution in [0.25, 0.3) is 0 Å². The summed E-state index contributed by atoms with van der Waals surface area (Å²) in [5, 5.41) is 3.24. The van der Waals surface area contributed by atoms with Crippen LogP contribution in [0, 0.1) is 6.92 Å². The molecule has 0 radical (unpaired) electrons. The van der Waals surface area contributed by atoms with Crippen molar-refractivity contribution < 1.29 is 0 Å². The molecule has 0 unspecified atom stereocenters. The Kier molecular flexibility index (Phi) is 3.05. The quantitative estimate of drug-likeness (QED) is 0.824. The van der Waals surface area contributed by atoms with Gasteiger partial charge in [0, 0.05) is 24.5 Å². The number of pyridine rings is 1. The monoisotopic (exact) mass is 213 g/mol. The van der Waals surface area contributed by atoms with Crippen LogP contribution in [-0.2, 0) is 6.54 Å². The first kappa shape index (κ1) is 10.5. The highest BCUT2D eigenvalue weighted by atomic mass is 15.0. The number of hydrogen-bond donors (Lipinski definition) is 2. The fourth-order valence-electron chi connectivity index (χ4n) is 1.56. The van der Waals surface area contributed by atoms with Crippen molar-refractivity contribution in [2.45, 2.75) is 13.5 Å². The number of hydrogen-bond acceptors (Lipinski definition) is 3. The molecule has 0 aliphatic carbocycles. The number of aromatic nitrogens is 1. The fourth-order valence-corrected chi connectivity index (χ4v) is 1.56. The van der Waals surface area contributed by atoms with Crippen LogP contribution in [-0.4, -0.2) is 4.98 Å². The molecule has 16 heavy (non-hydrogen) atoms. The highest BCUT2D eigenvalue weighted by Gasteiger charge is 1.96. The molecular formula is C13H15N3. The minimum atomic E-state index is 0.724. The van der Waals surface area contributed by atoms with E-state index < -0.39 is 0 Å². The fraction of sp³-hybridized carbons (Fsp3) is 0.154. The van der Waals surface area contributed by atoms with Gasteiger partial charge < -0.3 is 11.1 Å². The van der Waals surface area contributed by atoms with Crippen molar-refractivity contribution in [3.63, 3.8) is 0 Å². The second-order valence-electron chi connectivity index (χ2n) is 3.82. The van der Waals surface area contributed by atoms with Crippen LogP contribution in [0.4, 0.5) is 11.5 Å². The van der Waals surface area contributed by atoms with E-state index >= 15 is 0 Å². The molecule has 0 spiro atoms. The molecule has 2 aromatic rings. The summed E-state index contributed by atoms with van der Waals surface area (Å²) >= 11 is 0. The molecular weight excluding hydrogens is 198 g/mol. The summed E-state index contributed by atoms with van der Waals surface area (Å²) in [4.78, 5) is 4.19. The van der Waals surface area contributed by atoms with E-state index in [9.17, 15) is 0 Å². The number of nitrogens with two attached hydrogens (primary N) is 1. The number of nitrogen functional groups attached to an aromatic ring is 1. The van der Waals surface area contributed by atoms with E-state index in [1.807, 2.05) is 6.07 Å². The summed E-state index contributed by atoms with van der Waals surface area (Å²) in [6, 6.07) is 12.0. The second-order valence-corrected chi connectivity index (χ2v) is 3.82. The first-order valence-electron chi connectivity index (χ1n) is 5.25. The van der Waals surface area contributed by atoms with E-state index in [4.69, 9.17) is 5.73 Å². The number of anilines is 2. The van der Waals surface area contributed by atoms with Crippen molar-refractivity contribution in [2.75, 3.05) is 11.1 Å². The van der Waals surface area contributed by atoms with E-state index in [2.05, 4.69) is 41.5 Å². The lowest BCUT2D eigenvalue weighted by molar-refractivity contribution is 1.11. The maximum Gasteiger partial charge on any atom is 0.128 e. The van der Waals surface area contributed by atoms with Crippen LogP contribution in [0.1, 0.15) is 11.1 Å².